The Hall–Kier alpha value is -3.22. The van der Waals surface area contributed by atoms with Gasteiger partial charge in [-0.2, -0.15) is 0 Å². The Labute approximate surface area is 204 Å². The number of hydrogen-bond acceptors (Lipinski definition) is 5. The van der Waals surface area contributed by atoms with E-state index in [-0.39, 0.29) is 6.04 Å². The van der Waals surface area contributed by atoms with Gasteiger partial charge in [0.15, 0.2) is 5.13 Å². The molecule has 2 N–H and O–H groups in total. The third-order valence-electron chi connectivity index (χ3n) is 6.93. The zero-order chi connectivity index (χ0) is 23.5. The highest BCUT2D eigenvalue weighted by molar-refractivity contribution is 7.17. The van der Waals surface area contributed by atoms with E-state index in [0.717, 1.165) is 31.2 Å². The van der Waals surface area contributed by atoms with Crippen LogP contribution in [0.4, 0.5) is 5.13 Å². The molecule has 0 saturated carbocycles. The first-order chi connectivity index (χ1) is 16.6. The summed E-state index contributed by atoms with van der Waals surface area (Å²) in [4.78, 5) is 18.3. The second-order valence-corrected chi connectivity index (χ2v) is 10.0. The van der Waals surface area contributed by atoms with Crippen molar-refractivity contribution in [2.75, 3.05) is 24.5 Å². The number of nitrogens with zero attached hydrogens (tertiary/aromatic N) is 2. The predicted molar refractivity (Wildman–Crippen MR) is 139 cm³/mol. The normalized spacial score (nSPS) is 19.3. The van der Waals surface area contributed by atoms with E-state index in [2.05, 4.69) is 94.9 Å². The van der Waals surface area contributed by atoms with Crippen LogP contribution in [0.1, 0.15) is 46.1 Å². The highest BCUT2D eigenvalue weighted by Gasteiger charge is 2.32. The van der Waals surface area contributed by atoms with Crippen molar-refractivity contribution in [3.05, 3.63) is 95.0 Å². The van der Waals surface area contributed by atoms with Gasteiger partial charge in [0.05, 0.1) is 6.20 Å². The first-order valence-corrected chi connectivity index (χ1v) is 12.6. The Morgan fingerprint density at radius 3 is 2.68 bits per heavy atom. The highest BCUT2D eigenvalue weighted by atomic mass is 32.1. The van der Waals surface area contributed by atoms with E-state index >= 15 is 0 Å². The molecule has 5 nitrogen and oxygen atoms in total. The second kappa shape index (κ2) is 9.95. The van der Waals surface area contributed by atoms with Crippen molar-refractivity contribution in [3.8, 4) is 0 Å². The van der Waals surface area contributed by atoms with Gasteiger partial charge in [0, 0.05) is 25.0 Å². The molecule has 1 aliphatic rings. The SMILES string of the molecule is C[C@@H](NCC1CCN(c2ncc(C(=O)O)s2)CC1c1ccccc1)c1cccc2ccccc12. The molecule has 6 heteroatoms. The van der Waals surface area contributed by atoms with Crippen molar-refractivity contribution in [3.63, 3.8) is 0 Å². The summed E-state index contributed by atoms with van der Waals surface area (Å²) in [6, 6.07) is 26.0. The van der Waals surface area contributed by atoms with E-state index < -0.39 is 5.97 Å². The molecule has 4 aromatic rings. The monoisotopic (exact) mass is 471 g/mol. The molecule has 0 bridgehead atoms. The largest absolute Gasteiger partial charge is 0.477 e. The molecule has 0 spiro atoms. The average molecular weight is 472 g/mol. The third kappa shape index (κ3) is 4.69. The van der Waals surface area contributed by atoms with Crippen molar-refractivity contribution in [2.45, 2.75) is 25.3 Å². The van der Waals surface area contributed by atoms with Crippen molar-refractivity contribution in [2.24, 2.45) is 5.92 Å². The molecule has 1 saturated heterocycles. The summed E-state index contributed by atoms with van der Waals surface area (Å²) in [5.41, 5.74) is 2.66. The fraction of sp³-hybridized carbons (Fsp3) is 0.286. The Morgan fingerprint density at radius 1 is 1.12 bits per heavy atom. The average Bonchev–Trinajstić information content (AvgIpc) is 3.38. The number of rotatable bonds is 7. The summed E-state index contributed by atoms with van der Waals surface area (Å²) in [6.07, 6.45) is 2.50. The summed E-state index contributed by atoms with van der Waals surface area (Å²) < 4.78 is 0. The molecule has 1 aromatic heterocycles. The van der Waals surface area contributed by atoms with Crippen LogP contribution in [0.15, 0.2) is 79.0 Å². The van der Waals surface area contributed by atoms with Crippen LogP contribution in [0.2, 0.25) is 0 Å². The molecule has 0 aliphatic carbocycles. The van der Waals surface area contributed by atoms with E-state index in [1.165, 1.54) is 39.4 Å². The Bertz CT molecular complexity index is 1270. The molecule has 3 aromatic carbocycles. The number of nitrogens with one attached hydrogen (secondary N) is 1. The quantitative estimate of drug-likeness (QED) is 0.348. The summed E-state index contributed by atoms with van der Waals surface area (Å²) in [7, 11) is 0. The van der Waals surface area contributed by atoms with Gasteiger partial charge in [0.25, 0.3) is 0 Å². The van der Waals surface area contributed by atoms with Crippen LogP contribution >= 0.6 is 11.3 Å². The number of carboxylic acid groups (broad SMARTS) is 1. The van der Waals surface area contributed by atoms with Gasteiger partial charge in [-0.15, -0.1) is 0 Å². The van der Waals surface area contributed by atoms with Gasteiger partial charge in [0.1, 0.15) is 4.88 Å². The van der Waals surface area contributed by atoms with Crippen molar-refractivity contribution in [1.82, 2.24) is 10.3 Å². The molecule has 2 unspecified atom stereocenters. The van der Waals surface area contributed by atoms with E-state index in [1.54, 1.807) is 0 Å². The van der Waals surface area contributed by atoms with Crippen LogP contribution < -0.4 is 10.2 Å². The maximum atomic E-state index is 11.3. The fourth-order valence-corrected chi connectivity index (χ4v) is 5.86. The van der Waals surface area contributed by atoms with Crippen LogP contribution in [0.5, 0.6) is 0 Å². The number of anilines is 1. The third-order valence-corrected chi connectivity index (χ3v) is 7.98. The van der Waals surface area contributed by atoms with E-state index in [4.69, 9.17) is 0 Å². The molecule has 1 aliphatic heterocycles. The molecule has 34 heavy (non-hydrogen) atoms. The van der Waals surface area contributed by atoms with Crippen LogP contribution in [-0.2, 0) is 0 Å². The summed E-state index contributed by atoms with van der Waals surface area (Å²) in [6.45, 7) is 4.89. The van der Waals surface area contributed by atoms with E-state index in [0.29, 0.717) is 16.7 Å². The number of aromatic carboxylic acids is 1. The summed E-state index contributed by atoms with van der Waals surface area (Å²) in [5, 5.41) is 16.5. The smallest absolute Gasteiger partial charge is 0.347 e. The van der Waals surface area contributed by atoms with Crippen LogP contribution in [0.25, 0.3) is 10.8 Å². The molecular weight excluding hydrogens is 442 g/mol. The van der Waals surface area contributed by atoms with Gasteiger partial charge < -0.3 is 15.3 Å². The maximum absolute atomic E-state index is 11.3. The predicted octanol–water partition coefficient (Wildman–Crippen LogP) is 5.96. The topological polar surface area (TPSA) is 65.5 Å². The maximum Gasteiger partial charge on any atom is 0.347 e. The Morgan fingerprint density at radius 2 is 1.88 bits per heavy atom. The minimum absolute atomic E-state index is 0.248. The lowest BCUT2D eigenvalue weighted by atomic mass is 9.80. The lowest BCUT2D eigenvalue weighted by Crippen LogP contribution is -2.43. The molecule has 174 valence electrons. The zero-order valence-corrected chi connectivity index (χ0v) is 20.0. The van der Waals surface area contributed by atoms with Crippen molar-refractivity contribution < 1.29 is 9.90 Å². The number of fused-ring (bicyclic) bond motifs is 1. The minimum atomic E-state index is -0.912. The fourth-order valence-electron chi connectivity index (χ4n) is 5.07. The molecule has 0 amide bonds. The van der Waals surface area contributed by atoms with Crippen molar-refractivity contribution >= 4 is 33.2 Å². The number of aromatic nitrogens is 1. The standard InChI is InChI=1S/C28H29N3O2S/c1-19(23-13-7-11-20-10-5-6-12-24(20)23)29-16-22-14-15-31(28-30-17-26(34-28)27(32)33)18-25(22)21-8-3-2-4-9-21/h2-13,17,19,22,25,29H,14-16,18H2,1H3,(H,32,33)/t19-,22?,25?/m1/s1. The molecule has 3 atom stereocenters. The van der Waals surface area contributed by atoms with Gasteiger partial charge in [0.2, 0.25) is 0 Å². The number of carboxylic acids is 1. The Balaban J connectivity index is 1.33. The minimum Gasteiger partial charge on any atom is -0.477 e. The summed E-state index contributed by atoms with van der Waals surface area (Å²) in [5.74, 6) is -0.0841. The first-order valence-electron chi connectivity index (χ1n) is 11.8. The number of thiazole rings is 1. The molecular formula is C28H29N3O2S. The number of piperidine rings is 1. The summed E-state index contributed by atoms with van der Waals surface area (Å²) >= 11 is 1.26. The number of carbonyl (C=O) groups is 1. The molecule has 1 fully saturated rings. The first kappa shape index (κ1) is 22.6. The van der Waals surface area contributed by atoms with Gasteiger partial charge >= 0.3 is 5.97 Å². The lowest BCUT2D eigenvalue weighted by molar-refractivity contribution is 0.0702. The van der Waals surface area contributed by atoms with Gasteiger partial charge in [-0.05, 0) is 47.7 Å². The molecule has 0 radical (unpaired) electrons. The van der Waals surface area contributed by atoms with Crippen LogP contribution in [0.3, 0.4) is 0 Å². The van der Waals surface area contributed by atoms with Crippen LogP contribution in [-0.4, -0.2) is 35.7 Å². The number of benzene rings is 3. The second-order valence-electron chi connectivity index (χ2n) is 9.02. The van der Waals surface area contributed by atoms with Gasteiger partial charge in [-0.25, -0.2) is 9.78 Å². The zero-order valence-electron chi connectivity index (χ0n) is 19.2. The van der Waals surface area contributed by atoms with E-state index in [1.807, 2.05) is 0 Å². The van der Waals surface area contributed by atoms with Gasteiger partial charge in [-0.1, -0.05) is 84.1 Å². The Kier molecular flexibility index (Phi) is 6.61. The van der Waals surface area contributed by atoms with Crippen LogP contribution in [0, 0.1) is 5.92 Å². The van der Waals surface area contributed by atoms with E-state index in [9.17, 15) is 9.90 Å². The van der Waals surface area contributed by atoms with Gasteiger partial charge in [-0.3, -0.25) is 0 Å². The number of hydrogen-bond donors (Lipinski definition) is 2. The van der Waals surface area contributed by atoms with Crippen molar-refractivity contribution in [1.29, 1.82) is 0 Å². The lowest BCUT2D eigenvalue weighted by Gasteiger charge is -2.39. The highest BCUT2D eigenvalue weighted by Crippen LogP contribution is 2.36. The molecule has 5 rings (SSSR count). The molecule has 2 heterocycles.